The lowest BCUT2D eigenvalue weighted by Gasteiger charge is -2.35. The average molecular weight is 439 g/mol. The van der Waals surface area contributed by atoms with Crippen LogP contribution >= 0.6 is 11.3 Å². The van der Waals surface area contributed by atoms with Crippen molar-refractivity contribution in [3.05, 3.63) is 22.4 Å². The predicted octanol–water partition coefficient (Wildman–Crippen LogP) is 2.60. The summed E-state index contributed by atoms with van der Waals surface area (Å²) in [4.78, 5) is 11.4. The van der Waals surface area contributed by atoms with Crippen LogP contribution in [0.2, 0.25) is 0 Å². The van der Waals surface area contributed by atoms with Gasteiger partial charge in [0.25, 0.3) is 0 Å². The molecule has 0 radical (unpaired) electrons. The van der Waals surface area contributed by atoms with Crippen LogP contribution in [0.5, 0.6) is 0 Å². The third-order valence-electron chi connectivity index (χ3n) is 5.69. The van der Waals surface area contributed by atoms with Gasteiger partial charge < -0.3 is 24.4 Å². The fraction of sp³-hybridized carbons (Fsp3) is 0.773. The molecule has 0 saturated carbocycles. The van der Waals surface area contributed by atoms with Crippen molar-refractivity contribution in [1.29, 1.82) is 0 Å². The van der Waals surface area contributed by atoms with E-state index in [2.05, 4.69) is 39.6 Å². The number of guanidine groups is 1. The highest BCUT2D eigenvalue weighted by Gasteiger charge is 2.25. The number of thiophene rings is 1. The van der Waals surface area contributed by atoms with Crippen molar-refractivity contribution in [1.82, 2.24) is 15.1 Å². The number of ether oxygens (including phenoxy) is 3. The number of morpholine rings is 1. The molecule has 2 fully saturated rings. The highest BCUT2D eigenvalue weighted by atomic mass is 32.1. The lowest BCUT2D eigenvalue weighted by molar-refractivity contribution is 0.00971. The Morgan fingerprint density at radius 2 is 2.07 bits per heavy atom. The van der Waals surface area contributed by atoms with E-state index < -0.39 is 0 Å². The van der Waals surface area contributed by atoms with Crippen molar-refractivity contribution < 1.29 is 14.2 Å². The first-order chi connectivity index (χ1) is 14.8. The van der Waals surface area contributed by atoms with Crippen LogP contribution in [0.3, 0.4) is 0 Å². The molecule has 7 nitrogen and oxygen atoms in total. The van der Waals surface area contributed by atoms with Crippen LogP contribution in [0.15, 0.2) is 22.5 Å². The van der Waals surface area contributed by atoms with E-state index in [0.717, 1.165) is 90.9 Å². The highest BCUT2D eigenvalue weighted by molar-refractivity contribution is 7.10. The van der Waals surface area contributed by atoms with Crippen molar-refractivity contribution in [2.75, 3.05) is 72.8 Å². The third-order valence-corrected chi connectivity index (χ3v) is 6.67. The molecule has 0 amide bonds. The van der Waals surface area contributed by atoms with E-state index in [-0.39, 0.29) is 0 Å². The molecule has 1 aromatic rings. The zero-order valence-corrected chi connectivity index (χ0v) is 19.4. The fourth-order valence-electron chi connectivity index (χ4n) is 4.04. The first kappa shape index (κ1) is 23.5. The van der Waals surface area contributed by atoms with Gasteiger partial charge in [0.15, 0.2) is 5.96 Å². The van der Waals surface area contributed by atoms with E-state index >= 15 is 0 Å². The largest absolute Gasteiger partial charge is 0.385 e. The van der Waals surface area contributed by atoms with Crippen molar-refractivity contribution in [2.24, 2.45) is 4.99 Å². The summed E-state index contributed by atoms with van der Waals surface area (Å²) in [5, 5.41) is 5.67. The average Bonchev–Trinajstić information content (AvgIpc) is 3.32. The monoisotopic (exact) mass is 438 g/mol. The van der Waals surface area contributed by atoms with Crippen LogP contribution in [0, 0.1) is 0 Å². The standard InChI is InChI=1S/C22H38N4O3S/c1-3-23-22(26-9-7-19(8-10-26)29-14-5-13-27-2)24-18-20(21-6-4-17-30-21)25-11-15-28-16-12-25/h4,6,17,19-20H,3,5,7-16,18H2,1-2H3,(H,23,24). The molecule has 0 aliphatic carbocycles. The second-order valence-electron chi connectivity index (χ2n) is 7.78. The van der Waals surface area contributed by atoms with Gasteiger partial charge >= 0.3 is 0 Å². The summed E-state index contributed by atoms with van der Waals surface area (Å²) in [7, 11) is 1.74. The van der Waals surface area contributed by atoms with Gasteiger partial charge in [-0.3, -0.25) is 9.89 Å². The molecule has 8 heteroatoms. The van der Waals surface area contributed by atoms with E-state index in [1.54, 1.807) is 7.11 Å². The smallest absolute Gasteiger partial charge is 0.193 e. The molecule has 1 unspecified atom stereocenters. The third kappa shape index (κ3) is 7.20. The Labute approximate surface area is 185 Å². The topological polar surface area (TPSA) is 58.6 Å². The molecular weight excluding hydrogens is 400 g/mol. The molecule has 30 heavy (non-hydrogen) atoms. The molecule has 2 aliphatic rings. The van der Waals surface area contributed by atoms with Crippen LogP contribution in [0.1, 0.15) is 37.1 Å². The van der Waals surface area contributed by atoms with Crippen LogP contribution in [0.25, 0.3) is 0 Å². The minimum Gasteiger partial charge on any atom is -0.385 e. The molecule has 0 aromatic carbocycles. The van der Waals surface area contributed by atoms with Gasteiger partial charge in [0, 0.05) is 57.9 Å². The second-order valence-corrected chi connectivity index (χ2v) is 8.76. The Balaban J connectivity index is 1.56. The summed E-state index contributed by atoms with van der Waals surface area (Å²) in [5.74, 6) is 1.03. The zero-order valence-electron chi connectivity index (χ0n) is 18.6. The highest BCUT2D eigenvalue weighted by Crippen LogP contribution is 2.26. The molecule has 2 aliphatic heterocycles. The van der Waals surface area contributed by atoms with Gasteiger partial charge in [-0.2, -0.15) is 0 Å². The number of hydrogen-bond acceptors (Lipinski definition) is 6. The maximum absolute atomic E-state index is 6.02. The Hall–Kier alpha value is -1.19. The number of hydrogen-bond donors (Lipinski definition) is 1. The van der Waals surface area contributed by atoms with Crippen molar-refractivity contribution in [2.45, 2.75) is 38.3 Å². The number of methoxy groups -OCH3 is 1. The molecule has 1 aromatic heterocycles. The Kier molecular flexibility index (Phi) is 10.4. The molecule has 3 rings (SSSR count). The van der Waals surface area contributed by atoms with E-state index in [4.69, 9.17) is 19.2 Å². The summed E-state index contributed by atoms with van der Waals surface area (Å²) < 4.78 is 16.7. The van der Waals surface area contributed by atoms with E-state index in [1.807, 2.05) is 11.3 Å². The van der Waals surface area contributed by atoms with Crippen LogP contribution in [-0.2, 0) is 14.2 Å². The van der Waals surface area contributed by atoms with Gasteiger partial charge in [-0.15, -0.1) is 11.3 Å². The number of rotatable bonds is 10. The lowest BCUT2D eigenvalue weighted by Crippen LogP contribution is -2.47. The molecule has 2 saturated heterocycles. The number of piperidine rings is 1. The number of nitrogens with zero attached hydrogens (tertiary/aromatic N) is 3. The van der Waals surface area contributed by atoms with Gasteiger partial charge in [-0.05, 0) is 37.6 Å². The number of aliphatic imine (C=N–C) groups is 1. The van der Waals surface area contributed by atoms with Crippen molar-refractivity contribution in [3.63, 3.8) is 0 Å². The summed E-state index contributed by atoms with van der Waals surface area (Å²) in [6, 6.07) is 4.70. The SMILES string of the molecule is CCNC(=NCC(c1cccs1)N1CCOCC1)N1CCC(OCCCOC)CC1. The zero-order chi connectivity index (χ0) is 21.0. The summed E-state index contributed by atoms with van der Waals surface area (Å²) in [6.07, 6.45) is 3.42. The van der Waals surface area contributed by atoms with Gasteiger partial charge in [0.05, 0.1) is 31.9 Å². The molecule has 0 spiro atoms. The van der Waals surface area contributed by atoms with Crippen molar-refractivity contribution >= 4 is 17.3 Å². The van der Waals surface area contributed by atoms with E-state index in [1.165, 1.54) is 4.88 Å². The maximum atomic E-state index is 6.02. The van der Waals surface area contributed by atoms with Crippen LogP contribution in [0.4, 0.5) is 0 Å². The summed E-state index contributed by atoms with van der Waals surface area (Å²) >= 11 is 1.83. The van der Waals surface area contributed by atoms with Gasteiger partial charge in [0.1, 0.15) is 0 Å². The molecular formula is C22H38N4O3S. The minimum absolute atomic E-state index is 0.323. The molecule has 1 N–H and O–H groups in total. The maximum Gasteiger partial charge on any atom is 0.193 e. The minimum atomic E-state index is 0.323. The number of likely N-dealkylation sites (tertiary alicyclic amines) is 1. The van der Waals surface area contributed by atoms with E-state index in [9.17, 15) is 0 Å². The normalized spacial score (nSPS) is 20.5. The molecule has 3 heterocycles. The summed E-state index contributed by atoms with van der Waals surface area (Å²) in [6.45, 7) is 10.9. The number of nitrogens with one attached hydrogen (secondary N) is 1. The summed E-state index contributed by atoms with van der Waals surface area (Å²) in [5.41, 5.74) is 0. The Bertz CT molecular complexity index is 600. The molecule has 1 atom stereocenters. The van der Waals surface area contributed by atoms with Crippen LogP contribution < -0.4 is 5.32 Å². The predicted molar refractivity (Wildman–Crippen MR) is 122 cm³/mol. The second kappa shape index (κ2) is 13.3. The van der Waals surface area contributed by atoms with Gasteiger partial charge in [-0.25, -0.2) is 0 Å². The fourth-order valence-corrected chi connectivity index (χ4v) is 4.89. The lowest BCUT2D eigenvalue weighted by atomic mass is 10.1. The van der Waals surface area contributed by atoms with Gasteiger partial charge in [-0.1, -0.05) is 6.07 Å². The van der Waals surface area contributed by atoms with E-state index in [0.29, 0.717) is 12.1 Å². The van der Waals surface area contributed by atoms with Gasteiger partial charge in [0.2, 0.25) is 0 Å². The van der Waals surface area contributed by atoms with Crippen LogP contribution in [-0.4, -0.2) is 94.7 Å². The first-order valence-electron chi connectivity index (χ1n) is 11.3. The quantitative estimate of drug-likeness (QED) is 0.344. The molecule has 170 valence electrons. The molecule has 0 bridgehead atoms. The first-order valence-corrected chi connectivity index (χ1v) is 12.2. The Morgan fingerprint density at radius 1 is 1.27 bits per heavy atom. The Morgan fingerprint density at radius 3 is 2.73 bits per heavy atom. The van der Waals surface area contributed by atoms with Crippen molar-refractivity contribution in [3.8, 4) is 0 Å².